The predicted octanol–water partition coefficient (Wildman–Crippen LogP) is 1.83. The first-order valence-electron chi connectivity index (χ1n) is 6.96. The molecule has 1 atom stereocenters. The van der Waals surface area contributed by atoms with Gasteiger partial charge in [0.1, 0.15) is 5.82 Å². The third-order valence-corrected chi connectivity index (χ3v) is 3.17. The number of halogens is 1. The molecule has 0 aliphatic heterocycles. The predicted molar refractivity (Wildman–Crippen MR) is 82.4 cm³/mol. The Balaban J connectivity index is 2.79. The Hall–Kier alpha value is -1.66. The van der Waals surface area contributed by atoms with Crippen LogP contribution in [0.25, 0.3) is 0 Å². The lowest BCUT2D eigenvalue weighted by molar-refractivity contribution is -0.121. The van der Waals surface area contributed by atoms with Crippen molar-refractivity contribution in [1.29, 1.82) is 0 Å². The fraction of sp³-hybridized carbons (Fsp3) is 0.533. The number of aliphatic hydroxyl groups is 1. The summed E-state index contributed by atoms with van der Waals surface area (Å²) in [6.45, 7) is 7.91. The second kappa shape index (κ2) is 6.87. The van der Waals surface area contributed by atoms with Crippen LogP contribution in [0.4, 0.5) is 15.8 Å². The Morgan fingerprint density at radius 3 is 2.67 bits per heavy atom. The maximum atomic E-state index is 13.6. The smallest absolute Gasteiger partial charge is 0.241 e. The van der Waals surface area contributed by atoms with Crippen LogP contribution in [0.3, 0.4) is 0 Å². The van der Waals surface area contributed by atoms with Crippen LogP contribution in [0.5, 0.6) is 0 Å². The normalized spacial score (nSPS) is 13.3. The van der Waals surface area contributed by atoms with Gasteiger partial charge < -0.3 is 16.2 Å². The molecule has 0 radical (unpaired) electrons. The summed E-state index contributed by atoms with van der Waals surface area (Å²) in [6, 6.07) is 3.53. The highest BCUT2D eigenvalue weighted by Crippen LogP contribution is 2.18. The van der Waals surface area contributed by atoms with Crippen LogP contribution in [0, 0.1) is 5.82 Å². The van der Waals surface area contributed by atoms with Gasteiger partial charge in [-0.2, -0.15) is 0 Å². The largest absolute Gasteiger partial charge is 0.399 e. The third kappa shape index (κ3) is 5.32. The molecule has 21 heavy (non-hydrogen) atoms. The van der Waals surface area contributed by atoms with Crippen molar-refractivity contribution in [3.05, 3.63) is 24.0 Å². The van der Waals surface area contributed by atoms with E-state index >= 15 is 0 Å². The number of benzene rings is 1. The summed E-state index contributed by atoms with van der Waals surface area (Å²) in [5.41, 5.74) is 5.12. The highest BCUT2D eigenvalue weighted by atomic mass is 19.1. The molecule has 1 rings (SSSR count). The van der Waals surface area contributed by atoms with Crippen LogP contribution >= 0.6 is 0 Å². The first-order chi connectivity index (χ1) is 9.64. The van der Waals surface area contributed by atoms with Gasteiger partial charge in [0.05, 0.1) is 17.3 Å². The number of likely N-dealkylation sites (N-methyl/N-ethyl adjacent to an activating group) is 1. The summed E-state index contributed by atoms with van der Waals surface area (Å²) in [7, 11) is 0. The van der Waals surface area contributed by atoms with Gasteiger partial charge in [0.2, 0.25) is 5.91 Å². The first-order valence-corrected chi connectivity index (χ1v) is 6.96. The fourth-order valence-corrected chi connectivity index (χ4v) is 2.06. The SMILES string of the molecule is CCN(CC(C)(C)O)C(C)C(=O)Nc1cc(N)ccc1F. The lowest BCUT2D eigenvalue weighted by atomic mass is 10.1. The molecule has 0 saturated carbocycles. The fourth-order valence-electron chi connectivity index (χ4n) is 2.06. The average Bonchev–Trinajstić information content (AvgIpc) is 2.38. The number of nitrogen functional groups attached to an aromatic ring is 1. The monoisotopic (exact) mass is 297 g/mol. The van der Waals surface area contributed by atoms with Crippen LogP contribution in [0.15, 0.2) is 18.2 Å². The molecule has 0 aliphatic carbocycles. The van der Waals surface area contributed by atoms with Crippen molar-refractivity contribution in [2.24, 2.45) is 0 Å². The van der Waals surface area contributed by atoms with Crippen LogP contribution in [0.1, 0.15) is 27.7 Å². The number of hydrogen-bond donors (Lipinski definition) is 3. The number of carbonyl (C=O) groups is 1. The van der Waals surface area contributed by atoms with E-state index in [1.807, 2.05) is 11.8 Å². The van der Waals surface area contributed by atoms with Gasteiger partial charge in [0, 0.05) is 12.2 Å². The zero-order chi connectivity index (χ0) is 16.2. The van der Waals surface area contributed by atoms with E-state index in [1.54, 1.807) is 20.8 Å². The standard InChI is InChI=1S/C15H24FN3O2/c1-5-19(9-15(3,4)21)10(2)14(20)18-13-8-11(17)6-7-12(13)16/h6-8,10,21H,5,9,17H2,1-4H3,(H,18,20). The Bertz CT molecular complexity index is 500. The van der Waals surface area contributed by atoms with Crippen molar-refractivity contribution >= 4 is 17.3 Å². The summed E-state index contributed by atoms with van der Waals surface area (Å²) in [5, 5.41) is 12.4. The maximum absolute atomic E-state index is 13.6. The molecule has 0 fully saturated rings. The van der Waals surface area contributed by atoms with Crippen molar-refractivity contribution in [2.75, 3.05) is 24.1 Å². The van der Waals surface area contributed by atoms with Crippen molar-refractivity contribution in [3.8, 4) is 0 Å². The molecular formula is C15H24FN3O2. The molecule has 5 nitrogen and oxygen atoms in total. The number of carbonyl (C=O) groups excluding carboxylic acids is 1. The van der Waals surface area contributed by atoms with Crippen molar-refractivity contribution in [3.63, 3.8) is 0 Å². The molecule has 0 aromatic heterocycles. The third-order valence-electron chi connectivity index (χ3n) is 3.17. The Morgan fingerprint density at radius 1 is 1.52 bits per heavy atom. The quantitative estimate of drug-likeness (QED) is 0.700. The number of anilines is 2. The van der Waals surface area contributed by atoms with Crippen LogP contribution in [-0.4, -0.2) is 40.6 Å². The van der Waals surface area contributed by atoms with E-state index in [9.17, 15) is 14.3 Å². The Morgan fingerprint density at radius 2 is 2.14 bits per heavy atom. The number of hydrogen-bond acceptors (Lipinski definition) is 4. The summed E-state index contributed by atoms with van der Waals surface area (Å²) >= 11 is 0. The molecule has 1 aromatic rings. The molecule has 0 aliphatic rings. The second-order valence-electron chi connectivity index (χ2n) is 5.78. The summed E-state index contributed by atoms with van der Waals surface area (Å²) in [5.74, 6) is -0.874. The average molecular weight is 297 g/mol. The van der Waals surface area contributed by atoms with E-state index in [-0.39, 0.29) is 11.6 Å². The number of nitrogens with two attached hydrogens (primary N) is 1. The van der Waals surface area contributed by atoms with Crippen LogP contribution in [0.2, 0.25) is 0 Å². The van der Waals surface area contributed by atoms with Crippen LogP contribution in [-0.2, 0) is 4.79 Å². The number of nitrogens with one attached hydrogen (secondary N) is 1. The summed E-state index contributed by atoms with van der Waals surface area (Å²) < 4.78 is 13.6. The van der Waals surface area contributed by atoms with E-state index in [0.717, 1.165) is 0 Å². The minimum atomic E-state index is -0.910. The van der Waals surface area contributed by atoms with Crippen LogP contribution < -0.4 is 11.1 Å². The molecule has 0 heterocycles. The van der Waals surface area contributed by atoms with Gasteiger partial charge in [-0.1, -0.05) is 6.92 Å². The molecule has 118 valence electrons. The molecule has 0 saturated heterocycles. The van der Waals surface area contributed by atoms with Gasteiger partial charge in [-0.05, 0) is 45.5 Å². The van der Waals surface area contributed by atoms with E-state index in [4.69, 9.17) is 5.73 Å². The minimum absolute atomic E-state index is 0.0613. The van der Waals surface area contributed by atoms with Gasteiger partial charge >= 0.3 is 0 Å². The van der Waals surface area contributed by atoms with Crippen molar-refractivity contribution in [2.45, 2.75) is 39.3 Å². The van der Waals surface area contributed by atoms with Gasteiger partial charge in [-0.15, -0.1) is 0 Å². The summed E-state index contributed by atoms with van der Waals surface area (Å²) in [6.07, 6.45) is 0. The highest BCUT2D eigenvalue weighted by molar-refractivity contribution is 5.95. The van der Waals surface area contributed by atoms with Gasteiger partial charge in [0.15, 0.2) is 0 Å². The van der Waals surface area contributed by atoms with E-state index in [0.29, 0.717) is 18.8 Å². The van der Waals surface area contributed by atoms with Crippen molar-refractivity contribution in [1.82, 2.24) is 4.90 Å². The summed E-state index contributed by atoms with van der Waals surface area (Å²) in [4.78, 5) is 14.0. The lowest BCUT2D eigenvalue weighted by Gasteiger charge is -2.32. The molecule has 1 amide bonds. The molecule has 4 N–H and O–H groups in total. The molecule has 1 aromatic carbocycles. The highest BCUT2D eigenvalue weighted by Gasteiger charge is 2.26. The maximum Gasteiger partial charge on any atom is 0.241 e. The molecular weight excluding hydrogens is 273 g/mol. The molecule has 1 unspecified atom stereocenters. The zero-order valence-electron chi connectivity index (χ0n) is 13.0. The molecule has 0 spiro atoms. The van der Waals surface area contributed by atoms with E-state index in [2.05, 4.69) is 5.32 Å². The Labute approximate surface area is 124 Å². The molecule has 6 heteroatoms. The number of rotatable bonds is 6. The van der Waals surface area contributed by atoms with Gasteiger partial charge in [0.25, 0.3) is 0 Å². The first kappa shape index (κ1) is 17.4. The zero-order valence-corrected chi connectivity index (χ0v) is 13.0. The number of nitrogens with zero attached hydrogens (tertiary/aromatic N) is 1. The van der Waals surface area contributed by atoms with E-state index in [1.165, 1.54) is 18.2 Å². The van der Waals surface area contributed by atoms with E-state index < -0.39 is 17.5 Å². The van der Waals surface area contributed by atoms with Gasteiger partial charge in [-0.3, -0.25) is 9.69 Å². The number of amides is 1. The van der Waals surface area contributed by atoms with Gasteiger partial charge in [-0.25, -0.2) is 4.39 Å². The molecule has 0 bridgehead atoms. The Kier molecular flexibility index (Phi) is 5.69. The lowest BCUT2D eigenvalue weighted by Crippen LogP contribution is -2.48. The second-order valence-corrected chi connectivity index (χ2v) is 5.78. The topological polar surface area (TPSA) is 78.6 Å². The minimum Gasteiger partial charge on any atom is -0.399 e. The van der Waals surface area contributed by atoms with Crippen molar-refractivity contribution < 1.29 is 14.3 Å².